The maximum Gasteiger partial charge on any atom is 0.326 e. The summed E-state index contributed by atoms with van der Waals surface area (Å²) in [6.07, 6.45) is 7.54. The van der Waals surface area contributed by atoms with E-state index in [1.165, 1.54) is 6.42 Å². The van der Waals surface area contributed by atoms with Gasteiger partial charge in [-0.2, -0.15) is 0 Å². The molecule has 3 unspecified atom stereocenters. The van der Waals surface area contributed by atoms with Gasteiger partial charge in [0.05, 0.1) is 0 Å². The van der Waals surface area contributed by atoms with Crippen molar-refractivity contribution in [3.8, 4) is 0 Å². The first-order valence-corrected chi connectivity index (χ1v) is 8.12. The number of hydrogen-bond donors (Lipinski definition) is 1. The van der Waals surface area contributed by atoms with Crippen LogP contribution in [0.1, 0.15) is 65.2 Å². The van der Waals surface area contributed by atoms with E-state index in [9.17, 15) is 14.7 Å². The zero-order valence-electron chi connectivity index (χ0n) is 12.7. The number of carboxylic acid groups (broad SMARTS) is 1. The number of nitrogens with zero attached hydrogens (tertiary/aromatic N) is 1. The summed E-state index contributed by atoms with van der Waals surface area (Å²) in [4.78, 5) is 25.8. The van der Waals surface area contributed by atoms with Crippen LogP contribution in [0.15, 0.2) is 0 Å². The van der Waals surface area contributed by atoms with Crippen LogP contribution >= 0.6 is 0 Å². The van der Waals surface area contributed by atoms with Crippen LogP contribution in [-0.2, 0) is 9.59 Å². The molecule has 1 amide bonds. The number of rotatable bonds is 5. The molecule has 1 saturated carbocycles. The Bertz CT molecular complexity index is 365. The van der Waals surface area contributed by atoms with Gasteiger partial charge in [0.2, 0.25) is 5.91 Å². The van der Waals surface area contributed by atoms with Crippen LogP contribution < -0.4 is 0 Å². The van der Waals surface area contributed by atoms with E-state index in [1.54, 1.807) is 4.90 Å². The van der Waals surface area contributed by atoms with E-state index < -0.39 is 12.0 Å². The van der Waals surface area contributed by atoms with Gasteiger partial charge in [0.25, 0.3) is 0 Å². The number of carbonyl (C=O) groups is 2. The predicted molar refractivity (Wildman–Crippen MR) is 77.3 cm³/mol. The summed E-state index contributed by atoms with van der Waals surface area (Å²) in [7, 11) is 0. The topological polar surface area (TPSA) is 57.6 Å². The van der Waals surface area contributed by atoms with Crippen molar-refractivity contribution >= 4 is 11.9 Å². The summed E-state index contributed by atoms with van der Waals surface area (Å²) in [5.41, 5.74) is 0. The molecule has 0 spiro atoms. The molecule has 2 aliphatic rings. The molecule has 2 fully saturated rings. The molecule has 1 aliphatic carbocycles. The molecule has 1 N–H and O–H groups in total. The third-order valence-corrected chi connectivity index (χ3v) is 5.28. The molecule has 2 rings (SSSR count). The largest absolute Gasteiger partial charge is 0.480 e. The monoisotopic (exact) mass is 281 g/mol. The van der Waals surface area contributed by atoms with Crippen molar-refractivity contribution in [2.75, 3.05) is 0 Å². The smallest absolute Gasteiger partial charge is 0.326 e. The lowest BCUT2D eigenvalue weighted by atomic mass is 9.84. The molecule has 0 bridgehead atoms. The molecular formula is C16H27NO3. The Kier molecular flexibility index (Phi) is 5.06. The Labute approximate surface area is 121 Å². The Morgan fingerprint density at radius 2 is 1.85 bits per heavy atom. The van der Waals surface area contributed by atoms with Gasteiger partial charge < -0.3 is 10.0 Å². The standard InChI is InChI=1S/C16H27NO3/c1-3-11(4-2)9-15(18)17-13-8-6-5-7-12(13)10-14(17)16(19)20/h11-14H,3-10H2,1-2H3,(H,19,20). The van der Waals surface area contributed by atoms with Crippen LogP contribution in [0.25, 0.3) is 0 Å². The average Bonchev–Trinajstić information content (AvgIpc) is 2.84. The molecule has 1 heterocycles. The molecule has 0 aromatic carbocycles. The summed E-state index contributed by atoms with van der Waals surface area (Å²) in [5.74, 6) is 0.0490. The summed E-state index contributed by atoms with van der Waals surface area (Å²) in [5, 5.41) is 9.43. The van der Waals surface area contributed by atoms with Crippen molar-refractivity contribution in [2.45, 2.75) is 77.3 Å². The SMILES string of the molecule is CCC(CC)CC(=O)N1C(C(=O)O)CC2CCCCC21. The third kappa shape index (κ3) is 2.99. The van der Waals surface area contributed by atoms with Gasteiger partial charge in [0, 0.05) is 12.5 Å². The van der Waals surface area contributed by atoms with Gasteiger partial charge in [-0.15, -0.1) is 0 Å². The van der Waals surface area contributed by atoms with Crippen LogP contribution in [0.5, 0.6) is 0 Å². The molecule has 4 heteroatoms. The normalized spacial score (nSPS) is 29.6. The highest BCUT2D eigenvalue weighted by atomic mass is 16.4. The third-order valence-electron chi connectivity index (χ3n) is 5.28. The van der Waals surface area contributed by atoms with E-state index in [1.807, 2.05) is 0 Å². The van der Waals surface area contributed by atoms with E-state index in [-0.39, 0.29) is 11.9 Å². The van der Waals surface area contributed by atoms with E-state index in [0.717, 1.165) is 32.1 Å². The van der Waals surface area contributed by atoms with Crippen molar-refractivity contribution in [3.63, 3.8) is 0 Å². The predicted octanol–water partition coefficient (Wildman–Crippen LogP) is 3.06. The molecule has 0 aromatic heterocycles. The van der Waals surface area contributed by atoms with E-state index in [0.29, 0.717) is 24.7 Å². The Hall–Kier alpha value is -1.06. The van der Waals surface area contributed by atoms with Gasteiger partial charge in [-0.25, -0.2) is 4.79 Å². The van der Waals surface area contributed by atoms with Gasteiger partial charge in [0.15, 0.2) is 0 Å². The second-order valence-electron chi connectivity index (χ2n) is 6.39. The van der Waals surface area contributed by atoms with Crippen LogP contribution in [0.4, 0.5) is 0 Å². The molecule has 1 saturated heterocycles. The summed E-state index contributed by atoms with van der Waals surface area (Å²) in [6, 6.07) is -0.392. The fraction of sp³-hybridized carbons (Fsp3) is 0.875. The first kappa shape index (κ1) is 15.3. The highest BCUT2D eigenvalue weighted by molar-refractivity contribution is 5.85. The fourth-order valence-corrected chi connectivity index (χ4v) is 3.97. The minimum atomic E-state index is -0.822. The highest BCUT2D eigenvalue weighted by Gasteiger charge is 2.47. The van der Waals surface area contributed by atoms with Crippen molar-refractivity contribution in [1.29, 1.82) is 0 Å². The van der Waals surface area contributed by atoms with Crippen molar-refractivity contribution in [2.24, 2.45) is 11.8 Å². The molecule has 3 atom stereocenters. The first-order chi connectivity index (χ1) is 9.58. The van der Waals surface area contributed by atoms with Gasteiger partial charge >= 0.3 is 5.97 Å². The molecule has 114 valence electrons. The maximum atomic E-state index is 12.6. The van der Waals surface area contributed by atoms with Crippen molar-refractivity contribution in [1.82, 2.24) is 4.90 Å². The number of likely N-dealkylation sites (tertiary alicyclic amines) is 1. The van der Waals surface area contributed by atoms with E-state index in [4.69, 9.17) is 0 Å². The maximum absolute atomic E-state index is 12.6. The number of aliphatic carboxylic acids is 1. The van der Waals surface area contributed by atoms with Crippen LogP contribution in [0.3, 0.4) is 0 Å². The second kappa shape index (κ2) is 6.59. The molecule has 20 heavy (non-hydrogen) atoms. The molecule has 1 aliphatic heterocycles. The van der Waals surface area contributed by atoms with Crippen LogP contribution in [-0.4, -0.2) is 34.0 Å². The summed E-state index contributed by atoms with van der Waals surface area (Å²) >= 11 is 0. The zero-order valence-corrected chi connectivity index (χ0v) is 12.7. The Balaban J connectivity index is 2.12. The highest BCUT2D eigenvalue weighted by Crippen LogP contribution is 2.40. The van der Waals surface area contributed by atoms with Crippen LogP contribution in [0.2, 0.25) is 0 Å². The van der Waals surface area contributed by atoms with Gasteiger partial charge in [-0.3, -0.25) is 4.79 Å². The molecule has 0 aromatic rings. The average molecular weight is 281 g/mol. The van der Waals surface area contributed by atoms with Gasteiger partial charge in [-0.05, 0) is 31.1 Å². The zero-order chi connectivity index (χ0) is 14.7. The minimum absolute atomic E-state index is 0.0699. The lowest BCUT2D eigenvalue weighted by Gasteiger charge is -2.33. The van der Waals surface area contributed by atoms with Crippen molar-refractivity contribution < 1.29 is 14.7 Å². The van der Waals surface area contributed by atoms with E-state index >= 15 is 0 Å². The summed E-state index contributed by atoms with van der Waals surface area (Å²) < 4.78 is 0. The van der Waals surface area contributed by atoms with Gasteiger partial charge in [-0.1, -0.05) is 39.5 Å². The van der Waals surface area contributed by atoms with Crippen LogP contribution in [0, 0.1) is 11.8 Å². The number of fused-ring (bicyclic) bond motifs is 1. The molecule has 0 radical (unpaired) electrons. The fourth-order valence-electron chi connectivity index (χ4n) is 3.97. The van der Waals surface area contributed by atoms with E-state index in [2.05, 4.69) is 13.8 Å². The van der Waals surface area contributed by atoms with Crippen molar-refractivity contribution in [3.05, 3.63) is 0 Å². The number of carboxylic acids is 1. The number of carbonyl (C=O) groups excluding carboxylic acids is 1. The van der Waals surface area contributed by atoms with Gasteiger partial charge in [0.1, 0.15) is 6.04 Å². The number of hydrogen-bond acceptors (Lipinski definition) is 2. The quantitative estimate of drug-likeness (QED) is 0.842. The number of amides is 1. The summed E-state index contributed by atoms with van der Waals surface area (Å²) in [6.45, 7) is 4.20. The lowest BCUT2D eigenvalue weighted by molar-refractivity contribution is -0.150. The molecule has 4 nitrogen and oxygen atoms in total. The minimum Gasteiger partial charge on any atom is -0.480 e. The lowest BCUT2D eigenvalue weighted by Crippen LogP contribution is -2.46. The first-order valence-electron chi connectivity index (χ1n) is 8.12. The second-order valence-corrected chi connectivity index (χ2v) is 6.39. The Morgan fingerprint density at radius 3 is 2.45 bits per heavy atom. The molecular weight excluding hydrogens is 254 g/mol. The Morgan fingerprint density at radius 1 is 1.20 bits per heavy atom.